The van der Waals surface area contributed by atoms with Crippen molar-refractivity contribution in [3.8, 4) is 0 Å². The summed E-state index contributed by atoms with van der Waals surface area (Å²) in [4.78, 5) is 11.5. The Balaban J connectivity index is 1.54. The zero-order valence-corrected chi connectivity index (χ0v) is 15.9. The summed E-state index contributed by atoms with van der Waals surface area (Å²) in [7, 11) is 0. The number of nitrogens with one attached hydrogen (secondary N) is 2. The minimum atomic E-state index is -0.350. The van der Waals surface area contributed by atoms with E-state index in [9.17, 15) is 4.79 Å². The van der Waals surface area contributed by atoms with E-state index in [1.165, 1.54) is 6.07 Å². The van der Waals surface area contributed by atoms with Crippen molar-refractivity contribution in [1.82, 2.24) is 15.1 Å². The number of fused-ring (bicyclic) bond motifs is 1. The van der Waals surface area contributed by atoms with Crippen LogP contribution in [0.1, 0.15) is 23.4 Å². The van der Waals surface area contributed by atoms with Crippen molar-refractivity contribution in [1.29, 1.82) is 0 Å². The molecule has 0 fully saturated rings. The van der Waals surface area contributed by atoms with E-state index < -0.39 is 0 Å². The second-order valence-corrected chi connectivity index (χ2v) is 6.75. The molecule has 6 nitrogen and oxygen atoms in total. The predicted octanol–water partition coefficient (Wildman–Crippen LogP) is 3.29. The largest absolute Gasteiger partial charge is 0.423 e. The number of rotatable bonds is 5. The van der Waals surface area contributed by atoms with Crippen LogP contribution < -0.4 is 16.3 Å². The first-order chi connectivity index (χ1) is 12.4. The van der Waals surface area contributed by atoms with Crippen LogP contribution in [0.3, 0.4) is 0 Å². The summed E-state index contributed by atoms with van der Waals surface area (Å²) in [6, 6.07) is 9.18. The number of hydrogen-bond donors (Lipinski definition) is 2. The SMILES string of the molecule is Cc1cc(C)n(CCCNC(=S)Nc2ccc3c(C)cc(=O)oc3c2)n1. The highest BCUT2D eigenvalue weighted by Crippen LogP contribution is 2.20. The van der Waals surface area contributed by atoms with Crippen LogP contribution in [0.2, 0.25) is 0 Å². The fraction of sp³-hybridized carbons (Fsp3) is 0.316. The van der Waals surface area contributed by atoms with Gasteiger partial charge in [-0.1, -0.05) is 0 Å². The van der Waals surface area contributed by atoms with Crippen LogP contribution in [0.4, 0.5) is 5.69 Å². The molecule has 0 saturated heterocycles. The Labute approximate surface area is 157 Å². The van der Waals surface area contributed by atoms with Crippen molar-refractivity contribution in [3.05, 3.63) is 57.7 Å². The molecule has 2 N–H and O–H groups in total. The molecule has 0 aliphatic heterocycles. The summed E-state index contributed by atoms with van der Waals surface area (Å²) < 4.78 is 7.26. The lowest BCUT2D eigenvalue weighted by atomic mass is 10.1. The van der Waals surface area contributed by atoms with Crippen LogP contribution in [0.15, 0.2) is 39.5 Å². The molecule has 0 spiro atoms. The van der Waals surface area contributed by atoms with E-state index in [1.807, 2.05) is 30.7 Å². The van der Waals surface area contributed by atoms with Gasteiger partial charge in [0.25, 0.3) is 0 Å². The van der Waals surface area contributed by atoms with Crippen LogP contribution in [0, 0.1) is 20.8 Å². The molecule has 2 heterocycles. The predicted molar refractivity (Wildman–Crippen MR) is 108 cm³/mol. The molecule has 0 saturated carbocycles. The molecule has 26 heavy (non-hydrogen) atoms. The molecule has 0 aliphatic rings. The Morgan fingerprint density at radius 2 is 2.04 bits per heavy atom. The number of hydrogen-bond acceptors (Lipinski definition) is 4. The zero-order valence-electron chi connectivity index (χ0n) is 15.1. The van der Waals surface area contributed by atoms with E-state index in [-0.39, 0.29) is 5.63 Å². The van der Waals surface area contributed by atoms with Crippen molar-refractivity contribution < 1.29 is 4.42 Å². The molecule has 0 amide bonds. The Morgan fingerprint density at radius 3 is 2.77 bits per heavy atom. The van der Waals surface area contributed by atoms with Gasteiger partial charge in [0.05, 0.1) is 5.69 Å². The number of thiocarbonyl (C=S) groups is 1. The molecule has 0 bridgehead atoms. The topological polar surface area (TPSA) is 72.1 Å². The summed E-state index contributed by atoms with van der Waals surface area (Å²) in [6.45, 7) is 7.52. The second kappa shape index (κ2) is 7.70. The van der Waals surface area contributed by atoms with E-state index in [2.05, 4.69) is 28.7 Å². The van der Waals surface area contributed by atoms with E-state index in [0.717, 1.165) is 47.5 Å². The third kappa shape index (κ3) is 4.29. The Kier molecular flexibility index (Phi) is 5.37. The fourth-order valence-corrected chi connectivity index (χ4v) is 3.13. The van der Waals surface area contributed by atoms with Gasteiger partial charge >= 0.3 is 5.63 Å². The maximum atomic E-state index is 11.5. The molecule has 0 aliphatic carbocycles. The summed E-state index contributed by atoms with van der Waals surface area (Å²) in [5, 5.41) is 12.2. The molecular formula is C19H22N4O2S. The normalized spacial score (nSPS) is 10.9. The van der Waals surface area contributed by atoms with Gasteiger partial charge < -0.3 is 15.1 Å². The summed E-state index contributed by atoms with van der Waals surface area (Å²) >= 11 is 5.33. The van der Waals surface area contributed by atoms with Gasteiger partial charge in [-0.3, -0.25) is 4.68 Å². The smallest absolute Gasteiger partial charge is 0.336 e. The first kappa shape index (κ1) is 18.1. The minimum absolute atomic E-state index is 0.350. The zero-order chi connectivity index (χ0) is 18.7. The van der Waals surface area contributed by atoms with Crippen LogP contribution in [-0.2, 0) is 6.54 Å². The highest BCUT2D eigenvalue weighted by Gasteiger charge is 2.05. The van der Waals surface area contributed by atoms with Crippen LogP contribution in [0.25, 0.3) is 11.0 Å². The third-order valence-electron chi connectivity index (χ3n) is 4.14. The van der Waals surface area contributed by atoms with Crippen molar-refractivity contribution in [3.63, 3.8) is 0 Å². The highest BCUT2D eigenvalue weighted by atomic mass is 32.1. The van der Waals surface area contributed by atoms with E-state index in [1.54, 1.807) is 6.07 Å². The quantitative estimate of drug-likeness (QED) is 0.408. The number of aromatic nitrogens is 2. The molecular weight excluding hydrogens is 348 g/mol. The lowest BCUT2D eigenvalue weighted by Gasteiger charge is -2.11. The molecule has 136 valence electrons. The molecule has 1 aromatic carbocycles. The Morgan fingerprint density at radius 1 is 1.23 bits per heavy atom. The van der Waals surface area contributed by atoms with Gasteiger partial charge in [-0.15, -0.1) is 0 Å². The summed E-state index contributed by atoms with van der Waals surface area (Å²) in [6.07, 6.45) is 0.912. The summed E-state index contributed by atoms with van der Waals surface area (Å²) in [5.74, 6) is 0. The molecule has 0 atom stereocenters. The first-order valence-electron chi connectivity index (χ1n) is 8.53. The highest BCUT2D eigenvalue weighted by molar-refractivity contribution is 7.80. The van der Waals surface area contributed by atoms with Crippen LogP contribution in [-0.4, -0.2) is 21.4 Å². The van der Waals surface area contributed by atoms with Crippen molar-refractivity contribution in [2.24, 2.45) is 0 Å². The maximum absolute atomic E-state index is 11.5. The Bertz CT molecular complexity index is 1010. The van der Waals surface area contributed by atoms with Crippen LogP contribution >= 0.6 is 12.2 Å². The van der Waals surface area contributed by atoms with Crippen molar-refractivity contribution in [2.45, 2.75) is 33.7 Å². The number of nitrogens with zero attached hydrogens (tertiary/aromatic N) is 2. The minimum Gasteiger partial charge on any atom is -0.423 e. The second-order valence-electron chi connectivity index (χ2n) is 6.34. The van der Waals surface area contributed by atoms with Gasteiger partial charge in [0.1, 0.15) is 5.58 Å². The molecule has 7 heteroatoms. The van der Waals surface area contributed by atoms with E-state index in [0.29, 0.717) is 10.7 Å². The lowest BCUT2D eigenvalue weighted by Crippen LogP contribution is -2.29. The molecule has 3 aromatic rings. The van der Waals surface area contributed by atoms with Crippen molar-refractivity contribution in [2.75, 3.05) is 11.9 Å². The van der Waals surface area contributed by atoms with Gasteiger partial charge in [0.15, 0.2) is 5.11 Å². The lowest BCUT2D eigenvalue weighted by molar-refractivity contribution is 0.558. The fourth-order valence-electron chi connectivity index (χ4n) is 2.91. The molecule has 2 aromatic heterocycles. The molecule has 0 radical (unpaired) electrons. The van der Waals surface area contributed by atoms with Gasteiger partial charge in [0.2, 0.25) is 0 Å². The van der Waals surface area contributed by atoms with Gasteiger partial charge in [-0.25, -0.2) is 4.79 Å². The van der Waals surface area contributed by atoms with Gasteiger partial charge in [0, 0.05) is 42.0 Å². The Hall–Kier alpha value is -2.67. The average Bonchev–Trinajstić information content (AvgIpc) is 2.88. The van der Waals surface area contributed by atoms with Gasteiger partial charge in [-0.2, -0.15) is 5.10 Å². The van der Waals surface area contributed by atoms with E-state index >= 15 is 0 Å². The van der Waals surface area contributed by atoms with E-state index in [4.69, 9.17) is 16.6 Å². The monoisotopic (exact) mass is 370 g/mol. The maximum Gasteiger partial charge on any atom is 0.336 e. The summed E-state index contributed by atoms with van der Waals surface area (Å²) in [5.41, 5.74) is 4.07. The first-order valence-corrected chi connectivity index (χ1v) is 8.93. The number of anilines is 1. The molecule has 3 rings (SSSR count). The van der Waals surface area contributed by atoms with Gasteiger partial charge in [-0.05, 0) is 63.2 Å². The third-order valence-corrected chi connectivity index (χ3v) is 4.39. The van der Waals surface area contributed by atoms with Crippen molar-refractivity contribution >= 4 is 34.0 Å². The molecule has 0 unspecified atom stereocenters. The number of benzene rings is 1. The average molecular weight is 370 g/mol. The van der Waals surface area contributed by atoms with Crippen LogP contribution in [0.5, 0.6) is 0 Å². The number of aryl methyl sites for hydroxylation is 4. The standard InChI is InChI=1S/C19H22N4O2S/c1-12-9-18(24)25-17-11-15(5-6-16(12)17)21-19(26)20-7-4-8-23-14(3)10-13(2)22-23/h5-6,9-11H,4,7-8H2,1-3H3,(H2,20,21,26).